The molecule has 2 aromatic carbocycles. The minimum atomic E-state index is -0.106. The number of aromatic amines is 1. The molecule has 1 amide bonds. The minimum absolute atomic E-state index is 0.101. The monoisotopic (exact) mass is 500 g/mol. The van der Waals surface area contributed by atoms with Gasteiger partial charge < -0.3 is 14.8 Å². The van der Waals surface area contributed by atoms with E-state index in [1.807, 2.05) is 29.2 Å². The third-order valence-corrected chi connectivity index (χ3v) is 8.28. The van der Waals surface area contributed by atoms with Crippen molar-refractivity contribution in [3.63, 3.8) is 0 Å². The van der Waals surface area contributed by atoms with Crippen molar-refractivity contribution in [2.45, 2.75) is 51.6 Å². The van der Waals surface area contributed by atoms with Gasteiger partial charge >= 0.3 is 0 Å². The molecule has 2 fully saturated rings. The number of likely N-dealkylation sites (N-methyl/N-ethyl adjacent to an activating group) is 1. The van der Waals surface area contributed by atoms with Gasteiger partial charge in [0.2, 0.25) is 5.91 Å². The van der Waals surface area contributed by atoms with Crippen molar-refractivity contribution < 1.29 is 4.79 Å². The Morgan fingerprint density at radius 3 is 2.49 bits per heavy atom. The summed E-state index contributed by atoms with van der Waals surface area (Å²) in [6.07, 6.45) is 5.28. The van der Waals surface area contributed by atoms with Crippen LogP contribution in [0, 0.1) is 12.8 Å². The number of carbonyl (C=O) groups is 1. The molecule has 1 atom stereocenters. The van der Waals surface area contributed by atoms with Gasteiger partial charge in [0.05, 0.1) is 12.6 Å². The lowest BCUT2D eigenvalue weighted by atomic mass is 10.0. The first-order chi connectivity index (χ1) is 18.0. The van der Waals surface area contributed by atoms with Crippen LogP contribution in [-0.4, -0.2) is 65.4 Å². The van der Waals surface area contributed by atoms with Crippen LogP contribution in [0.15, 0.2) is 59.4 Å². The third kappa shape index (κ3) is 6.31. The van der Waals surface area contributed by atoms with Gasteiger partial charge in [0.1, 0.15) is 0 Å². The number of nitrogens with zero attached hydrogens (tertiary/aromatic N) is 3. The van der Waals surface area contributed by atoms with Crippen LogP contribution >= 0.6 is 0 Å². The highest BCUT2D eigenvalue weighted by Gasteiger charge is 2.29. The van der Waals surface area contributed by atoms with Crippen molar-refractivity contribution in [1.82, 2.24) is 19.7 Å². The van der Waals surface area contributed by atoms with Gasteiger partial charge in [-0.2, -0.15) is 0 Å². The molecular weight excluding hydrogens is 460 g/mol. The number of carbonyl (C=O) groups excluding carboxylic acids is 1. The molecule has 0 radical (unpaired) electrons. The lowest BCUT2D eigenvalue weighted by molar-refractivity contribution is -0.134. The number of H-pyrrole nitrogens is 1. The molecule has 6 nitrogen and oxygen atoms in total. The van der Waals surface area contributed by atoms with E-state index >= 15 is 0 Å². The fourth-order valence-electron chi connectivity index (χ4n) is 5.99. The predicted molar refractivity (Wildman–Crippen MR) is 150 cm³/mol. The van der Waals surface area contributed by atoms with Crippen LogP contribution in [0.2, 0.25) is 0 Å². The van der Waals surface area contributed by atoms with Gasteiger partial charge in [-0.05, 0) is 61.9 Å². The average molecular weight is 501 g/mol. The van der Waals surface area contributed by atoms with E-state index < -0.39 is 0 Å². The Balaban J connectivity index is 1.46. The first-order valence-corrected chi connectivity index (χ1v) is 13.8. The molecule has 37 heavy (non-hydrogen) atoms. The van der Waals surface area contributed by atoms with Crippen LogP contribution in [0.3, 0.4) is 0 Å². The van der Waals surface area contributed by atoms with Gasteiger partial charge in [0.25, 0.3) is 5.56 Å². The summed E-state index contributed by atoms with van der Waals surface area (Å²) in [5.74, 6) is 0.636. The molecule has 0 bridgehead atoms. The molecule has 1 saturated carbocycles. The number of hydrogen-bond acceptors (Lipinski definition) is 4. The van der Waals surface area contributed by atoms with Gasteiger partial charge in [-0.25, -0.2) is 0 Å². The zero-order chi connectivity index (χ0) is 25.8. The van der Waals surface area contributed by atoms with Gasteiger partial charge in [-0.1, -0.05) is 54.8 Å². The molecule has 1 aliphatic carbocycles. The fourth-order valence-corrected chi connectivity index (χ4v) is 5.99. The Morgan fingerprint density at radius 1 is 1.03 bits per heavy atom. The Bertz CT molecular complexity index is 1260. The van der Waals surface area contributed by atoms with E-state index in [4.69, 9.17) is 0 Å². The fraction of sp³-hybridized carbons (Fsp3) is 0.484. The molecular formula is C31H40N4O2. The van der Waals surface area contributed by atoms with E-state index in [2.05, 4.69) is 59.1 Å². The number of aryl methyl sites for hydroxylation is 1. The molecule has 2 heterocycles. The molecule has 0 spiro atoms. The maximum Gasteiger partial charge on any atom is 0.253 e. The van der Waals surface area contributed by atoms with E-state index in [1.165, 1.54) is 18.4 Å². The molecule has 6 heteroatoms. The highest BCUT2D eigenvalue weighted by molar-refractivity contribution is 5.80. The zero-order valence-corrected chi connectivity index (χ0v) is 22.3. The Kier molecular flexibility index (Phi) is 8.06. The van der Waals surface area contributed by atoms with Gasteiger partial charge in [0.15, 0.2) is 0 Å². The summed E-state index contributed by atoms with van der Waals surface area (Å²) >= 11 is 0. The van der Waals surface area contributed by atoms with Crippen molar-refractivity contribution >= 4 is 16.8 Å². The maximum atomic E-state index is 13.8. The standard InChI is InChI=1S/C31H40N4O2/c1-23-12-13-28-26(18-23)20-27(31(37)32-28)21-35(30(36)19-24-8-6-7-9-24)22-29(25-10-4-3-5-11-25)34-16-14-33(2)15-17-34/h3-5,10-13,18,20,24,29H,6-9,14-17,19,21-22H2,1-2H3,(H,32,37). The lowest BCUT2D eigenvalue weighted by Gasteiger charge is -2.40. The number of aromatic nitrogens is 1. The van der Waals surface area contributed by atoms with E-state index in [0.717, 1.165) is 55.5 Å². The van der Waals surface area contributed by atoms with Crippen molar-refractivity contribution in [3.8, 4) is 0 Å². The number of rotatable bonds is 8. The van der Waals surface area contributed by atoms with Crippen molar-refractivity contribution in [2.75, 3.05) is 39.8 Å². The number of fused-ring (bicyclic) bond motifs is 1. The summed E-state index contributed by atoms with van der Waals surface area (Å²) in [5, 5.41) is 1.01. The van der Waals surface area contributed by atoms with Gasteiger partial charge in [-0.15, -0.1) is 0 Å². The number of pyridine rings is 1. The molecule has 196 valence electrons. The van der Waals surface area contributed by atoms with Gasteiger partial charge in [0, 0.05) is 50.2 Å². The number of piperazine rings is 1. The molecule has 5 rings (SSSR count). The first-order valence-electron chi connectivity index (χ1n) is 13.8. The van der Waals surface area contributed by atoms with Crippen molar-refractivity contribution in [3.05, 3.63) is 81.6 Å². The molecule has 3 aromatic rings. The second-order valence-corrected chi connectivity index (χ2v) is 11.1. The summed E-state index contributed by atoms with van der Waals surface area (Å²) in [5.41, 5.74) is 3.77. The van der Waals surface area contributed by atoms with E-state index in [9.17, 15) is 9.59 Å². The third-order valence-electron chi connectivity index (χ3n) is 8.28. The quantitative estimate of drug-likeness (QED) is 0.486. The van der Waals surface area contributed by atoms with E-state index in [1.54, 1.807) is 0 Å². The molecule has 1 N–H and O–H groups in total. The molecule has 1 saturated heterocycles. The van der Waals surface area contributed by atoms with E-state index in [0.29, 0.717) is 31.0 Å². The Hall–Kier alpha value is -2.96. The van der Waals surface area contributed by atoms with Crippen LogP contribution in [0.25, 0.3) is 10.9 Å². The van der Waals surface area contributed by atoms with Crippen LogP contribution in [0.1, 0.15) is 54.8 Å². The summed E-state index contributed by atoms with van der Waals surface area (Å²) in [4.78, 5) is 36.8. The zero-order valence-electron chi connectivity index (χ0n) is 22.3. The number of nitrogens with one attached hydrogen (secondary N) is 1. The summed E-state index contributed by atoms with van der Waals surface area (Å²) in [6, 6.07) is 18.7. The Labute approximate surface area is 220 Å². The lowest BCUT2D eigenvalue weighted by Crippen LogP contribution is -2.49. The van der Waals surface area contributed by atoms with Crippen molar-refractivity contribution in [1.29, 1.82) is 0 Å². The molecule has 1 aliphatic heterocycles. The maximum absolute atomic E-state index is 13.8. The van der Waals surface area contributed by atoms with Crippen LogP contribution in [0.4, 0.5) is 0 Å². The van der Waals surface area contributed by atoms with Crippen LogP contribution < -0.4 is 5.56 Å². The largest absolute Gasteiger partial charge is 0.336 e. The van der Waals surface area contributed by atoms with Crippen molar-refractivity contribution in [2.24, 2.45) is 5.92 Å². The highest BCUT2D eigenvalue weighted by atomic mass is 16.2. The van der Waals surface area contributed by atoms with Crippen LogP contribution in [0.5, 0.6) is 0 Å². The summed E-state index contributed by atoms with van der Waals surface area (Å²) in [6.45, 7) is 6.95. The first kappa shape index (κ1) is 25.7. The molecule has 1 unspecified atom stereocenters. The molecule has 1 aromatic heterocycles. The Morgan fingerprint density at radius 2 is 1.76 bits per heavy atom. The normalized spacial score (nSPS) is 18.3. The minimum Gasteiger partial charge on any atom is -0.336 e. The second kappa shape index (κ2) is 11.6. The summed E-state index contributed by atoms with van der Waals surface area (Å²) in [7, 11) is 2.17. The smallest absolute Gasteiger partial charge is 0.253 e. The van der Waals surface area contributed by atoms with Gasteiger partial charge in [-0.3, -0.25) is 14.5 Å². The number of amides is 1. The predicted octanol–water partition coefficient (Wildman–Crippen LogP) is 4.73. The average Bonchev–Trinajstić information content (AvgIpc) is 3.41. The summed E-state index contributed by atoms with van der Waals surface area (Å²) < 4.78 is 0. The van der Waals surface area contributed by atoms with Crippen LogP contribution in [-0.2, 0) is 11.3 Å². The highest BCUT2D eigenvalue weighted by Crippen LogP contribution is 2.30. The molecule has 2 aliphatic rings. The number of benzene rings is 2. The number of hydrogen-bond donors (Lipinski definition) is 1. The van der Waals surface area contributed by atoms with E-state index in [-0.39, 0.29) is 17.5 Å². The second-order valence-electron chi connectivity index (χ2n) is 11.1. The SMILES string of the molecule is Cc1ccc2[nH]c(=O)c(CN(CC(c3ccccc3)N3CCN(C)CC3)C(=O)CC3CCCC3)cc2c1. The topological polar surface area (TPSA) is 59.7 Å².